The zero-order chi connectivity index (χ0) is 27.6. The van der Waals surface area contributed by atoms with Gasteiger partial charge < -0.3 is 20.3 Å². The lowest BCUT2D eigenvalue weighted by Gasteiger charge is -2.38. The van der Waals surface area contributed by atoms with Crippen LogP contribution in [0.1, 0.15) is 90.5 Å². The highest BCUT2D eigenvalue weighted by atomic mass is 32.2. The molecule has 0 bridgehead atoms. The van der Waals surface area contributed by atoms with Crippen LogP contribution in [0.3, 0.4) is 0 Å². The number of carbonyl (C=O) groups is 3. The normalized spacial score (nSPS) is 14.1. The summed E-state index contributed by atoms with van der Waals surface area (Å²) in [5.41, 5.74) is 2.05. The van der Waals surface area contributed by atoms with Gasteiger partial charge in [-0.15, -0.1) is 0 Å². The van der Waals surface area contributed by atoms with E-state index in [1.165, 1.54) is 0 Å². The standard InChI is InChI=1S/C28H47N3O4S/c1-11-12-21(6)29-25(32)24(22-17-19(4)13-14-20(22)5)31(18(2)3)26(33)23(15-16-36-10)30-27(34)35-28(7,8)9/h13-14,17-18,21,23-24H,11-12,15-16H2,1-10H3,(H,29,32)(H,30,34). The maximum absolute atomic E-state index is 14.1. The predicted octanol–water partition coefficient (Wildman–Crippen LogP) is 5.53. The number of nitrogens with one attached hydrogen (secondary N) is 2. The van der Waals surface area contributed by atoms with Gasteiger partial charge in [-0.3, -0.25) is 9.59 Å². The highest BCUT2D eigenvalue weighted by Crippen LogP contribution is 2.29. The molecule has 1 aromatic carbocycles. The molecule has 3 atom stereocenters. The van der Waals surface area contributed by atoms with E-state index in [0.29, 0.717) is 12.2 Å². The summed E-state index contributed by atoms with van der Waals surface area (Å²) in [4.78, 5) is 42.1. The minimum absolute atomic E-state index is 0.0218. The second-order valence-electron chi connectivity index (χ2n) is 10.8. The van der Waals surface area contributed by atoms with Gasteiger partial charge in [0, 0.05) is 12.1 Å². The van der Waals surface area contributed by atoms with Crippen LogP contribution in [0.4, 0.5) is 4.79 Å². The van der Waals surface area contributed by atoms with Crippen molar-refractivity contribution in [3.05, 3.63) is 34.9 Å². The fourth-order valence-corrected chi connectivity index (χ4v) is 4.57. The molecule has 3 amide bonds. The molecule has 0 aliphatic rings. The van der Waals surface area contributed by atoms with E-state index in [1.807, 2.05) is 59.1 Å². The molecule has 36 heavy (non-hydrogen) atoms. The largest absolute Gasteiger partial charge is 0.444 e. The first-order valence-electron chi connectivity index (χ1n) is 12.9. The number of carbonyl (C=O) groups excluding carboxylic acids is 3. The van der Waals surface area contributed by atoms with E-state index in [-0.39, 0.29) is 23.9 Å². The second kappa shape index (κ2) is 14.5. The van der Waals surface area contributed by atoms with Gasteiger partial charge in [-0.25, -0.2) is 4.79 Å². The van der Waals surface area contributed by atoms with Crippen molar-refractivity contribution in [3.8, 4) is 0 Å². The van der Waals surface area contributed by atoms with E-state index in [9.17, 15) is 14.4 Å². The van der Waals surface area contributed by atoms with Gasteiger partial charge in [0.15, 0.2) is 0 Å². The molecule has 0 spiro atoms. The summed E-state index contributed by atoms with van der Waals surface area (Å²) in [5, 5.41) is 5.90. The zero-order valence-electron chi connectivity index (χ0n) is 23.9. The van der Waals surface area contributed by atoms with E-state index in [1.54, 1.807) is 37.4 Å². The molecule has 7 nitrogen and oxygen atoms in total. The maximum Gasteiger partial charge on any atom is 0.408 e. The summed E-state index contributed by atoms with van der Waals surface area (Å²) >= 11 is 1.59. The van der Waals surface area contributed by atoms with Gasteiger partial charge in [-0.2, -0.15) is 11.8 Å². The van der Waals surface area contributed by atoms with Crippen LogP contribution in [-0.4, -0.2) is 58.5 Å². The summed E-state index contributed by atoms with van der Waals surface area (Å²) in [6.07, 6.45) is 3.53. The van der Waals surface area contributed by atoms with Crippen molar-refractivity contribution < 1.29 is 19.1 Å². The van der Waals surface area contributed by atoms with E-state index in [4.69, 9.17) is 4.74 Å². The van der Waals surface area contributed by atoms with Crippen LogP contribution in [0.2, 0.25) is 0 Å². The third-order valence-electron chi connectivity index (χ3n) is 5.78. The topological polar surface area (TPSA) is 87.7 Å². The predicted molar refractivity (Wildman–Crippen MR) is 149 cm³/mol. The molecule has 0 aliphatic carbocycles. The molecule has 3 unspecified atom stereocenters. The lowest BCUT2D eigenvalue weighted by atomic mass is 9.94. The van der Waals surface area contributed by atoms with Crippen molar-refractivity contribution in [1.29, 1.82) is 0 Å². The molecular formula is C28H47N3O4S. The number of hydrogen-bond donors (Lipinski definition) is 2. The number of thioether (sulfide) groups is 1. The molecule has 0 saturated carbocycles. The monoisotopic (exact) mass is 521 g/mol. The minimum Gasteiger partial charge on any atom is -0.444 e. The molecule has 0 fully saturated rings. The summed E-state index contributed by atoms with van der Waals surface area (Å²) in [7, 11) is 0. The fraction of sp³-hybridized carbons (Fsp3) is 0.679. The van der Waals surface area contributed by atoms with Crippen molar-refractivity contribution in [3.63, 3.8) is 0 Å². The van der Waals surface area contributed by atoms with Gasteiger partial charge in [-0.05, 0) is 91.4 Å². The zero-order valence-corrected chi connectivity index (χ0v) is 24.7. The van der Waals surface area contributed by atoms with Crippen LogP contribution in [0.25, 0.3) is 0 Å². The quantitative estimate of drug-likeness (QED) is 0.377. The Morgan fingerprint density at radius 1 is 1.06 bits per heavy atom. The SMILES string of the molecule is CCCC(C)NC(=O)C(c1cc(C)ccc1C)N(C(=O)C(CCSC)NC(=O)OC(C)(C)C)C(C)C. The molecule has 204 valence electrons. The Morgan fingerprint density at radius 3 is 2.22 bits per heavy atom. The van der Waals surface area contributed by atoms with Crippen molar-refractivity contribution in [2.75, 3.05) is 12.0 Å². The van der Waals surface area contributed by atoms with Crippen LogP contribution in [0.5, 0.6) is 0 Å². The van der Waals surface area contributed by atoms with Crippen molar-refractivity contribution in [2.24, 2.45) is 0 Å². The van der Waals surface area contributed by atoms with Crippen LogP contribution in [0.15, 0.2) is 18.2 Å². The molecule has 0 aromatic heterocycles. The van der Waals surface area contributed by atoms with Crippen LogP contribution in [-0.2, 0) is 14.3 Å². The van der Waals surface area contributed by atoms with E-state index >= 15 is 0 Å². The third kappa shape index (κ3) is 10.0. The van der Waals surface area contributed by atoms with Gasteiger partial charge in [0.1, 0.15) is 17.7 Å². The van der Waals surface area contributed by atoms with Crippen LogP contribution in [0, 0.1) is 13.8 Å². The van der Waals surface area contributed by atoms with Crippen molar-refractivity contribution in [1.82, 2.24) is 15.5 Å². The van der Waals surface area contributed by atoms with Crippen molar-refractivity contribution >= 4 is 29.7 Å². The molecular weight excluding hydrogens is 474 g/mol. The Balaban J connectivity index is 3.52. The number of ether oxygens (including phenoxy) is 1. The molecule has 2 N–H and O–H groups in total. The third-order valence-corrected chi connectivity index (χ3v) is 6.42. The number of hydrogen-bond acceptors (Lipinski definition) is 5. The Morgan fingerprint density at radius 2 is 1.69 bits per heavy atom. The van der Waals surface area contributed by atoms with Gasteiger partial charge in [-0.1, -0.05) is 37.1 Å². The van der Waals surface area contributed by atoms with Crippen LogP contribution >= 0.6 is 11.8 Å². The first-order valence-corrected chi connectivity index (χ1v) is 14.3. The average molecular weight is 522 g/mol. The van der Waals surface area contributed by atoms with Gasteiger partial charge in [0.25, 0.3) is 0 Å². The smallest absolute Gasteiger partial charge is 0.408 e. The van der Waals surface area contributed by atoms with E-state index < -0.39 is 23.8 Å². The summed E-state index contributed by atoms with van der Waals surface area (Å²) in [6, 6.07) is 4.01. The van der Waals surface area contributed by atoms with Gasteiger partial charge in [0.2, 0.25) is 11.8 Å². The fourth-order valence-electron chi connectivity index (χ4n) is 4.10. The summed E-state index contributed by atoms with van der Waals surface area (Å²) < 4.78 is 5.44. The number of aryl methyl sites for hydroxylation is 2. The van der Waals surface area contributed by atoms with Gasteiger partial charge >= 0.3 is 6.09 Å². The molecule has 0 heterocycles. The van der Waals surface area contributed by atoms with Crippen LogP contribution < -0.4 is 10.6 Å². The van der Waals surface area contributed by atoms with Crippen molar-refractivity contribution in [2.45, 2.75) is 111 Å². The highest BCUT2D eigenvalue weighted by molar-refractivity contribution is 7.98. The Kier molecular flexibility index (Phi) is 12.8. The molecule has 0 aliphatic heterocycles. The first-order chi connectivity index (χ1) is 16.7. The minimum atomic E-state index is -0.825. The average Bonchev–Trinajstić information content (AvgIpc) is 2.74. The molecule has 8 heteroatoms. The Hall–Kier alpha value is -2.22. The summed E-state index contributed by atoms with van der Waals surface area (Å²) in [6.45, 7) is 17.1. The number of alkyl carbamates (subject to hydrolysis) is 1. The lowest BCUT2D eigenvalue weighted by Crippen LogP contribution is -2.55. The van der Waals surface area contributed by atoms with Gasteiger partial charge in [0.05, 0.1) is 0 Å². The maximum atomic E-state index is 14.1. The van der Waals surface area contributed by atoms with E-state index in [2.05, 4.69) is 17.6 Å². The Labute approximate surface area is 222 Å². The Bertz CT molecular complexity index is 882. The molecule has 0 saturated heterocycles. The highest BCUT2D eigenvalue weighted by Gasteiger charge is 2.38. The number of nitrogens with zero attached hydrogens (tertiary/aromatic N) is 1. The number of rotatable bonds is 12. The lowest BCUT2D eigenvalue weighted by molar-refractivity contribution is -0.144. The molecule has 1 rings (SSSR count). The number of benzene rings is 1. The molecule has 0 radical (unpaired) electrons. The van der Waals surface area contributed by atoms with E-state index in [0.717, 1.165) is 29.5 Å². The number of amides is 3. The first kappa shape index (κ1) is 31.8. The second-order valence-corrected chi connectivity index (χ2v) is 11.8. The molecule has 1 aromatic rings. The summed E-state index contributed by atoms with van der Waals surface area (Å²) in [5.74, 6) is 0.160.